The van der Waals surface area contributed by atoms with Crippen molar-refractivity contribution < 1.29 is 5.11 Å². The molecule has 1 rings (SSSR count). The van der Waals surface area contributed by atoms with Crippen molar-refractivity contribution in [2.45, 2.75) is 27.7 Å². The highest BCUT2D eigenvalue weighted by atomic mass is 16.3. The van der Waals surface area contributed by atoms with Crippen molar-refractivity contribution in [1.29, 1.82) is 0 Å². The molecule has 0 saturated heterocycles. The van der Waals surface area contributed by atoms with Crippen LogP contribution in [0.5, 0.6) is 5.75 Å². The van der Waals surface area contributed by atoms with Crippen LogP contribution in [0.25, 0.3) is 0 Å². The van der Waals surface area contributed by atoms with Gasteiger partial charge in [-0.05, 0) is 12.1 Å². The van der Waals surface area contributed by atoms with Crippen molar-refractivity contribution in [2.24, 2.45) is 0 Å². The minimum Gasteiger partial charge on any atom is -0.506 e. The maximum atomic E-state index is 8.57. The molecule has 11 heavy (non-hydrogen) atoms. The van der Waals surface area contributed by atoms with E-state index in [1.807, 2.05) is 27.7 Å². The predicted octanol–water partition coefficient (Wildman–Crippen LogP) is 2.84. The van der Waals surface area contributed by atoms with E-state index in [9.17, 15) is 0 Å². The zero-order valence-corrected chi connectivity index (χ0v) is 7.70. The first-order valence-electron chi connectivity index (χ1n) is 3.98. The predicted molar refractivity (Wildman–Crippen MR) is 48.6 cm³/mol. The Labute approximate surface area is 68.9 Å². The van der Waals surface area contributed by atoms with Gasteiger partial charge in [-0.2, -0.15) is 0 Å². The molecule has 0 aliphatic heterocycles. The first-order valence-corrected chi connectivity index (χ1v) is 3.98. The number of nitrogens with zero attached hydrogens (tertiary/aromatic N) is 1. The second kappa shape index (κ2) is 11.7. The molecule has 1 heterocycles. The third-order valence-electron chi connectivity index (χ3n) is 0.646. The Morgan fingerprint density at radius 3 is 1.91 bits per heavy atom. The Morgan fingerprint density at radius 1 is 1.18 bits per heavy atom. The Kier molecular flexibility index (Phi) is 13.4. The van der Waals surface area contributed by atoms with E-state index in [0.29, 0.717) is 0 Å². The molecule has 0 spiro atoms. The van der Waals surface area contributed by atoms with Gasteiger partial charge in [0.05, 0.1) is 6.20 Å². The molecule has 1 N–H and O–H groups in total. The fraction of sp³-hybridized carbons (Fsp3) is 0.444. The lowest BCUT2D eigenvalue weighted by molar-refractivity contribution is 0.472. The van der Waals surface area contributed by atoms with Crippen molar-refractivity contribution in [1.82, 2.24) is 4.98 Å². The lowest BCUT2D eigenvalue weighted by Crippen LogP contribution is -1.64. The second-order valence-corrected chi connectivity index (χ2v) is 1.21. The van der Waals surface area contributed by atoms with Crippen LogP contribution in [0.4, 0.5) is 0 Å². The van der Waals surface area contributed by atoms with Crippen LogP contribution >= 0.6 is 0 Å². The summed E-state index contributed by atoms with van der Waals surface area (Å²) in [5, 5.41) is 8.57. The summed E-state index contributed by atoms with van der Waals surface area (Å²) < 4.78 is 0. The number of hydrogen-bond donors (Lipinski definition) is 1. The van der Waals surface area contributed by atoms with Gasteiger partial charge in [-0.25, -0.2) is 0 Å². The molecule has 2 heteroatoms. The molecule has 0 bridgehead atoms. The first-order chi connectivity index (χ1) is 5.39. The van der Waals surface area contributed by atoms with Gasteiger partial charge in [0.25, 0.3) is 0 Å². The summed E-state index contributed by atoms with van der Waals surface area (Å²) >= 11 is 0. The summed E-state index contributed by atoms with van der Waals surface area (Å²) in [5.41, 5.74) is 0. The maximum absolute atomic E-state index is 8.57. The number of hydrogen-bond acceptors (Lipinski definition) is 2. The van der Waals surface area contributed by atoms with Crippen molar-refractivity contribution >= 4 is 0 Å². The van der Waals surface area contributed by atoms with Gasteiger partial charge in [-0.1, -0.05) is 27.7 Å². The summed E-state index contributed by atoms with van der Waals surface area (Å²) in [7, 11) is 0. The van der Waals surface area contributed by atoms with Crippen LogP contribution in [-0.4, -0.2) is 10.1 Å². The van der Waals surface area contributed by atoms with E-state index in [4.69, 9.17) is 5.11 Å². The van der Waals surface area contributed by atoms with Gasteiger partial charge in [0, 0.05) is 6.20 Å². The Hall–Kier alpha value is -1.05. The minimum absolute atomic E-state index is 0.211. The Bertz CT molecular complexity index is 139. The van der Waals surface area contributed by atoms with Crippen LogP contribution in [0.1, 0.15) is 27.7 Å². The van der Waals surface area contributed by atoms with Crippen LogP contribution in [-0.2, 0) is 0 Å². The fourth-order valence-corrected chi connectivity index (χ4v) is 0.354. The van der Waals surface area contributed by atoms with E-state index in [2.05, 4.69) is 4.98 Å². The van der Waals surface area contributed by atoms with Gasteiger partial charge in [-0.3, -0.25) is 4.98 Å². The second-order valence-electron chi connectivity index (χ2n) is 1.21. The topological polar surface area (TPSA) is 33.1 Å². The van der Waals surface area contributed by atoms with Gasteiger partial charge in [-0.15, -0.1) is 0 Å². The molecule has 0 aromatic carbocycles. The highest BCUT2D eigenvalue weighted by Crippen LogP contribution is 1.99. The molecule has 1 aromatic rings. The molecular formula is C9H17NO. The van der Waals surface area contributed by atoms with Crippen LogP contribution in [0.2, 0.25) is 0 Å². The summed E-state index contributed by atoms with van der Waals surface area (Å²) in [6, 6.07) is 3.25. The van der Waals surface area contributed by atoms with E-state index in [0.717, 1.165) is 0 Å². The highest BCUT2D eigenvalue weighted by Gasteiger charge is 1.76. The maximum Gasteiger partial charge on any atom is 0.133 e. The molecule has 64 valence electrons. The smallest absolute Gasteiger partial charge is 0.133 e. The van der Waals surface area contributed by atoms with E-state index < -0.39 is 0 Å². The van der Waals surface area contributed by atoms with Gasteiger partial charge in [0.2, 0.25) is 0 Å². The average Bonchev–Trinajstić information content (AvgIpc) is 2.13. The molecule has 1 aromatic heterocycles. The van der Waals surface area contributed by atoms with Crippen molar-refractivity contribution in [3.63, 3.8) is 0 Å². The molecule has 0 aliphatic rings. The van der Waals surface area contributed by atoms with Crippen molar-refractivity contribution in [2.75, 3.05) is 0 Å². The number of rotatable bonds is 0. The molecule has 0 radical (unpaired) electrons. The highest BCUT2D eigenvalue weighted by molar-refractivity contribution is 5.12. The normalized spacial score (nSPS) is 6.55. The summed E-state index contributed by atoms with van der Waals surface area (Å²) in [4.78, 5) is 3.63. The van der Waals surface area contributed by atoms with Crippen LogP contribution in [0.15, 0.2) is 24.5 Å². The first kappa shape index (κ1) is 12.6. The van der Waals surface area contributed by atoms with E-state index in [1.54, 1.807) is 18.3 Å². The Balaban J connectivity index is 0. The summed E-state index contributed by atoms with van der Waals surface area (Å²) in [6.45, 7) is 8.00. The zero-order valence-electron chi connectivity index (χ0n) is 7.70. The third kappa shape index (κ3) is 8.95. The molecule has 0 saturated carbocycles. The standard InChI is InChI=1S/C5H5NO.2C2H6/c7-5-2-1-3-6-4-5;2*1-2/h1-4,7H;2*1-2H3. The van der Waals surface area contributed by atoms with Gasteiger partial charge >= 0.3 is 0 Å². The molecule has 0 atom stereocenters. The zero-order chi connectivity index (χ0) is 9.11. The quantitative estimate of drug-likeness (QED) is 0.625. The lowest BCUT2D eigenvalue weighted by atomic mass is 10.5. The molecule has 0 aliphatic carbocycles. The molecule has 2 nitrogen and oxygen atoms in total. The average molecular weight is 155 g/mol. The van der Waals surface area contributed by atoms with Gasteiger partial charge in [0.15, 0.2) is 0 Å². The van der Waals surface area contributed by atoms with Crippen molar-refractivity contribution in [3.8, 4) is 5.75 Å². The van der Waals surface area contributed by atoms with Crippen LogP contribution in [0.3, 0.4) is 0 Å². The molecule has 0 fully saturated rings. The monoisotopic (exact) mass is 155 g/mol. The number of pyridine rings is 1. The van der Waals surface area contributed by atoms with E-state index in [-0.39, 0.29) is 5.75 Å². The van der Waals surface area contributed by atoms with E-state index in [1.165, 1.54) is 6.20 Å². The van der Waals surface area contributed by atoms with E-state index >= 15 is 0 Å². The summed E-state index contributed by atoms with van der Waals surface area (Å²) in [6.07, 6.45) is 3.00. The largest absolute Gasteiger partial charge is 0.506 e. The third-order valence-corrected chi connectivity index (χ3v) is 0.646. The van der Waals surface area contributed by atoms with Gasteiger partial charge < -0.3 is 5.11 Å². The number of aromatic hydroxyl groups is 1. The minimum atomic E-state index is 0.211. The lowest BCUT2D eigenvalue weighted by Gasteiger charge is -1.81. The number of aromatic nitrogens is 1. The van der Waals surface area contributed by atoms with Crippen LogP contribution < -0.4 is 0 Å². The molecule has 0 amide bonds. The molecular weight excluding hydrogens is 138 g/mol. The fourth-order valence-electron chi connectivity index (χ4n) is 0.354. The SMILES string of the molecule is CC.CC.Oc1cccnc1. The van der Waals surface area contributed by atoms with Crippen molar-refractivity contribution in [3.05, 3.63) is 24.5 Å². The van der Waals surface area contributed by atoms with Crippen LogP contribution in [0, 0.1) is 0 Å². The molecule has 0 unspecified atom stereocenters. The summed E-state index contributed by atoms with van der Waals surface area (Å²) in [5.74, 6) is 0.211. The van der Waals surface area contributed by atoms with Gasteiger partial charge in [0.1, 0.15) is 5.75 Å². The Morgan fingerprint density at radius 2 is 1.73 bits per heavy atom.